The fraction of sp³-hybridized carbons (Fsp3) is 0.647. The zero-order valence-electron chi connectivity index (χ0n) is 13.8. The molecule has 0 N–H and O–H groups in total. The zero-order chi connectivity index (χ0) is 14.5. The number of hydrogen-bond acceptors (Lipinski definition) is 1. The summed E-state index contributed by atoms with van der Waals surface area (Å²) in [5, 5.41) is 1.70. The van der Waals surface area contributed by atoms with Crippen LogP contribution in [-0.2, 0) is 0 Å². The number of fused-ring (bicyclic) bond motifs is 1. The average molecular weight is 290 g/mol. The first-order valence-corrected chi connectivity index (χ1v) is 11.0. The van der Waals surface area contributed by atoms with Crippen LogP contribution in [0.5, 0.6) is 0 Å². The topological polar surface area (TPSA) is 3.24 Å². The second-order valence-electron chi connectivity index (χ2n) is 7.53. The molecule has 2 aliphatic heterocycles. The number of aryl methyl sites for hydroxylation is 2. The molecule has 1 aromatic rings. The van der Waals surface area contributed by atoms with Crippen LogP contribution < -0.4 is 10.1 Å². The van der Waals surface area contributed by atoms with E-state index in [1.807, 2.05) is 0 Å². The normalized spacial score (nSPS) is 23.8. The van der Waals surface area contributed by atoms with Gasteiger partial charge in [-0.05, 0) is 51.8 Å². The van der Waals surface area contributed by atoms with Gasteiger partial charge in [-0.25, -0.2) is 0 Å². The SMILES string of the molecule is Cc1cc(C)c2c(c1)[Si](C)(C)[N+]1(CCCCC1)CN2C. The Balaban J connectivity index is 2.18. The minimum absolute atomic E-state index is 1.23. The Bertz CT molecular complexity index is 530. The van der Waals surface area contributed by atoms with Crippen molar-refractivity contribution in [2.24, 2.45) is 0 Å². The molecule has 1 saturated heterocycles. The van der Waals surface area contributed by atoms with E-state index in [0.29, 0.717) is 0 Å². The van der Waals surface area contributed by atoms with Gasteiger partial charge >= 0.3 is 8.24 Å². The highest BCUT2D eigenvalue weighted by Crippen LogP contribution is 2.36. The molecule has 110 valence electrons. The summed E-state index contributed by atoms with van der Waals surface area (Å²) >= 11 is 0. The van der Waals surface area contributed by atoms with Gasteiger partial charge in [0.15, 0.2) is 0 Å². The van der Waals surface area contributed by atoms with Crippen molar-refractivity contribution in [1.29, 1.82) is 0 Å². The smallest absolute Gasteiger partial charge is 0.315 e. The van der Waals surface area contributed by atoms with Gasteiger partial charge < -0.3 is 9.05 Å². The summed E-state index contributed by atoms with van der Waals surface area (Å²) in [5.41, 5.74) is 4.45. The lowest BCUT2D eigenvalue weighted by molar-refractivity contribution is -0.837. The van der Waals surface area contributed by atoms with Crippen molar-refractivity contribution in [1.82, 2.24) is 0 Å². The molecular weight excluding hydrogens is 260 g/mol. The predicted octanol–water partition coefficient (Wildman–Crippen LogP) is 3.12. The van der Waals surface area contributed by atoms with Crippen molar-refractivity contribution >= 4 is 19.1 Å². The van der Waals surface area contributed by atoms with Crippen LogP contribution in [0.25, 0.3) is 0 Å². The van der Waals surface area contributed by atoms with Crippen LogP contribution in [0.4, 0.5) is 5.69 Å². The molecule has 20 heavy (non-hydrogen) atoms. The summed E-state index contributed by atoms with van der Waals surface area (Å²) in [6, 6.07) is 4.85. The van der Waals surface area contributed by atoms with Crippen molar-refractivity contribution in [2.75, 3.05) is 31.7 Å². The van der Waals surface area contributed by atoms with Crippen molar-refractivity contribution in [2.45, 2.75) is 46.2 Å². The summed E-state index contributed by atoms with van der Waals surface area (Å²) in [5.74, 6) is 0. The molecule has 0 amide bonds. The second kappa shape index (κ2) is 4.60. The Labute approximate surface area is 125 Å². The van der Waals surface area contributed by atoms with Gasteiger partial charge in [0.1, 0.15) is 6.67 Å². The number of quaternary nitrogens is 1. The highest BCUT2D eigenvalue weighted by molar-refractivity contribution is 6.85. The summed E-state index contributed by atoms with van der Waals surface area (Å²) in [7, 11) is 0.836. The minimum atomic E-state index is -1.47. The highest BCUT2D eigenvalue weighted by atomic mass is 28.3. The van der Waals surface area contributed by atoms with Crippen LogP contribution in [0.2, 0.25) is 13.1 Å². The Hall–Kier alpha value is -0.803. The van der Waals surface area contributed by atoms with Gasteiger partial charge in [-0.1, -0.05) is 17.7 Å². The molecule has 3 heteroatoms. The third kappa shape index (κ3) is 1.86. The fourth-order valence-corrected chi connectivity index (χ4v) is 8.72. The number of hydrogen-bond donors (Lipinski definition) is 0. The van der Waals surface area contributed by atoms with Crippen LogP contribution in [0.15, 0.2) is 12.1 Å². The van der Waals surface area contributed by atoms with E-state index in [0.717, 1.165) is 0 Å². The molecule has 0 atom stereocenters. The van der Waals surface area contributed by atoms with E-state index in [4.69, 9.17) is 0 Å². The van der Waals surface area contributed by atoms with Crippen LogP contribution in [0.3, 0.4) is 0 Å². The quantitative estimate of drug-likeness (QED) is 0.663. The van der Waals surface area contributed by atoms with Crippen molar-refractivity contribution in [3.63, 3.8) is 0 Å². The minimum Gasteiger partial charge on any atom is -0.363 e. The first-order valence-electron chi connectivity index (χ1n) is 8.06. The molecule has 2 nitrogen and oxygen atoms in total. The van der Waals surface area contributed by atoms with E-state index in [-0.39, 0.29) is 0 Å². The third-order valence-corrected chi connectivity index (χ3v) is 10.5. The maximum atomic E-state index is 2.61. The molecule has 0 saturated carbocycles. The summed E-state index contributed by atoms with van der Waals surface area (Å²) in [6.45, 7) is 13.8. The lowest BCUT2D eigenvalue weighted by atomic mass is 10.1. The number of rotatable bonds is 0. The zero-order valence-corrected chi connectivity index (χ0v) is 14.8. The van der Waals surface area contributed by atoms with Gasteiger partial charge in [-0.15, -0.1) is 0 Å². The molecule has 2 heterocycles. The highest BCUT2D eigenvalue weighted by Gasteiger charge is 2.54. The van der Waals surface area contributed by atoms with E-state index in [2.05, 4.69) is 51.0 Å². The number of nitrogens with zero attached hydrogens (tertiary/aromatic N) is 2. The number of piperidine rings is 1. The van der Waals surface area contributed by atoms with Crippen molar-refractivity contribution < 1.29 is 4.15 Å². The van der Waals surface area contributed by atoms with Crippen LogP contribution in [0, 0.1) is 13.8 Å². The Kier molecular flexibility index (Phi) is 3.26. The van der Waals surface area contributed by atoms with E-state index >= 15 is 0 Å². The van der Waals surface area contributed by atoms with Gasteiger partial charge in [0.2, 0.25) is 0 Å². The Morgan fingerprint density at radius 3 is 2.35 bits per heavy atom. The Morgan fingerprint density at radius 2 is 1.70 bits per heavy atom. The van der Waals surface area contributed by atoms with E-state index in [1.54, 1.807) is 10.9 Å². The molecule has 1 spiro atoms. The maximum Gasteiger partial charge on any atom is 0.315 e. The van der Waals surface area contributed by atoms with Crippen LogP contribution in [0.1, 0.15) is 30.4 Å². The lowest BCUT2D eigenvalue weighted by Gasteiger charge is -2.57. The summed E-state index contributed by atoms with van der Waals surface area (Å²) in [4.78, 5) is 2.55. The van der Waals surface area contributed by atoms with Gasteiger partial charge in [-0.2, -0.15) is 0 Å². The summed E-state index contributed by atoms with van der Waals surface area (Å²) < 4.78 is 1.39. The van der Waals surface area contributed by atoms with Crippen molar-refractivity contribution in [3.05, 3.63) is 23.3 Å². The average Bonchev–Trinajstić information content (AvgIpc) is 2.37. The van der Waals surface area contributed by atoms with Gasteiger partial charge in [0, 0.05) is 17.9 Å². The van der Waals surface area contributed by atoms with Crippen molar-refractivity contribution in [3.8, 4) is 0 Å². The second-order valence-corrected chi connectivity index (χ2v) is 12.1. The number of benzene rings is 1. The largest absolute Gasteiger partial charge is 0.363 e. The molecule has 0 radical (unpaired) electrons. The van der Waals surface area contributed by atoms with Crippen LogP contribution in [-0.4, -0.2) is 39.2 Å². The first-order chi connectivity index (χ1) is 9.37. The lowest BCUT2D eigenvalue weighted by Crippen LogP contribution is -2.77. The van der Waals surface area contributed by atoms with E-state index < -0.39 is 8.24 Å². The van der Waals surface area contributed by atoms with Gasteiger partial charge in [0.25, 0.3) is 0 Å². The van der Waals surface area contributed by atoms with E-state index in [9.17, 15) is 0 Å². The molecule has 1 aromatic carbocycles. The van der Waals surface area contributed by atoms with Gasteiger partial charge in [-0.3, -0.25) is 0 Å². The molecular formula is C17H29N2Si+. The standard InChI is InChI=1S/C17H29N2Si/c1-14-11-15(2)17-16(12-14)20(4,5)19(13-18(17)3)9-7-6-8-10-19/h11-12H,6-10,13H2,1-5H3/q+1. The fourth-order valence-electron chi connectivity index (χ4n) is 4.66. The van der Waals surface area contributed by atoms with Crippen LogP contribution >= 0.6 is 0 Å². The monoisotopic (exact) mass is 289 g/mol. The maximum absolute atomic E-state index is 2.61. The molecule has 0 aromatic heterocycles. The molecule has 0 unspecified atom stereocenters. The predicted molar refractivity (Wildman–Crippen MR) is 90.1 cm³/mol. The molecule has 0 aliphatic carbocycles. The van der Waals surface area contributed by atoms with E-state index in [1.165, 1.54) is 54.3 Å². The molecule has 2 aliphatic rings. The molecule has 3 rings (SSSR count). The first kappa shape index (κ1) is 14.1. The number of anilines is 1. The summed E-state index contributed by atoms with van der Waals surface area (Å²) in [6.07, 6.45) is 4.28. The Morgan fingerprint density at radius 1 is 1.05 bits per heavy atom. The molecule has 0 bridgehead atoms. The van der Waals surface area contributed by atoms with Gasteiger partial charge in [0.05, 0.1) is 13.1 Å². The third-order valence-electron chi connectivity index (χ3n) is 5.83. The molecule has 1 fully saturated rings.